The molecule has 4 N–H and O–H groups in total. The highest BCUT2D eigenvalue weighted by atomic mass is 32.2. The molecule has 0 saturated carbocycles. The van der Waals surface area contributed by atoms with Crippen molar-refractivity contribution in [3.05, 3.63) is 18.2 Å². The van der Waals surface area contributed by atoms with E-state index in [2.05, 4.69) is 23.6 Å². The minimum absolute atomic E-state index is 0.111. The lowest BCUT2D eigenvalue weighted by Crippen LogP contribution is -2.47. The van der Waals surface area contributed by atoms with Gasteiger partial charge in [-0.25, -0.2) is 13.6 Å². The van der Waals surface area contributed by atoms with Crippen LogP contribution >= 0.6 is 0 Å². The normalized spacial score (nSPS) is 17.4. The number of anilines is 2. The maximum absolute atomic E-state index is 11.7. The van der Waals surface area contributed by atoms with Crippen molar-refractivity contribution < 1.29 is 8.42 Å². The van der Waals surface area contributed by atoms with Crippen LogP contribution in [0.3, 0.4) is 0 Å². The Morgan fingerprint density at radius 2 is 1.81 bits per heavy atom. The van der Waals surface area contributed by atoms with E-state index >= 15 is 0 Å². The monoisotopic (exact) mass is 312 g/mol. The van der Waals surface area contributed by atoms with Gasteiger partial charge in [-0.05, 0) is 24.1 Å². The fraction of sp³-hybridized carbons (Fsp3) is 0.571. The number of hydrogen-bond acceptors (Lipinski definition) is 5. The standard InChI is InChI=1S/C14H24N4O2S/c1-11(2)10-17-5-7-18(8-6-17)13-4-3-12(15)9-14(13)21(16,19)20/h3-4,9,11H,5-8,10,15H2,1-2H3,(H2,16,19,20). The predicted octanol–water partition coefficient (Wildman–Crippen LogP) is 0.694. The molecule has 0 radical (unpaired) electrons. The zero-order valence-electron chi connectivity index (χ0n) is 12.6. The van der Waals surface area contributed by atoms with Crippen LogP contribution in [0.4, 0.5) is 11.4 Å². The first-order chi connectivity index (χ1) is 9.77. The maximum atomic E-state index is 11.7. The van der Waals surface area contributed by atoms with Gasteiger partial charge in [0.05, 0.1) is 5.69 Å². The van der Waals surface area contributed by atoms with Crippen molar-refractivity contribution in [3.8, 4) is 0 Å². The molecule has 0 spiro atoms. The van der Waals surface area contributed by atoms with Crippen molar-refractivity contribution >= 4 is 21.4 Å². The molecule has 0 atom stereocenters. The summed E-state index contributed by atoms with van der Waals surface area (Å²) in [5.74, 6) is 0.632. The Labute approximate surface area is 126 Å². The van der Waals surface area contributed by atoms with E-state index in [1.165, 1.54) is 6.07 Å². The molecule has 1 aromatic rings. The van der Waals surface area contributed by atoms with Crippen molar-refractivity contribution in [1.29, 1.82) is 0 Å². The molecule has 21 heavy (non-hydrogen) atoms. The van der Waals surface area contributed by atoms with Crippen LogP contribution in [0.2, 0.25) is 0 Å². The average Bonchev–Trinajstić information content (AvgIpc) is 2.38. The summed E-state index contributed by atoms with van der Waals surface area (Å²) in [5, 5.41) is 5.31. The number of benzene rings is 1. The number of rotatable bonds is 4. The second-order valence-corrected chi connectivity index (χ2v) is 7.48. The molecule has 1 aliphatic heterocycles. The zero-order chi connectivity index (χ0) is 15.6. The van der Waals surface area contributed by atoms with E-state index in [1.807, 2.05) is 0 Å². The van der Waals surface area contributed by atoms with Crippen molar-refractivity contribution in [2.75, 3.05) is 43.4 Å². The van der Waals surface area contributed by atoms with Gasteiger partial charge in [-0.1, -0.05) is 13.8 Å². The molecule has 0 aromatic heterocycles. The molecule has 6 nitrogen and oxygen atoms in total. The van der Waals surface area contributed by atoms with Gasteiger partial charge in [0.2, 0.25) is 10.0 Å². The minimum atomic E-state index is -3.77. The van der Waals surface area contributed by atoms with Crippen LogP contribution in [-0.4, -0.2) is 46.0 Å². The van der Waals surface area contributed by atoms with Gasteiger partial charge in [0, 0.05) is 38.4 Å². The smallest absolute Gasteiger partial charge is 0.240 e. The third kappa shape index (κ3) is 4.09. The molecular weight excluding hydrogens is 288 g/mol. The van der Waals surface area contributed by atoms with E-state index in [1.54, 1.807) is 12.1 Å². The number of piperazine rings is 1. The lowest BCUT2D eigenvalue weighted by molar-refractivity contribution is 0.231. The third-order valence-corrected chi connectivity index (χ3v) is 4.57. The Bertz CT molecular complexity index is 593. The second-order valence-electron chi connectivity index (χ2n) is 5.95. The van der Waals surface area contributed by atoms with E-state index in [9.17, 15) is 8.42 Å². The Kier molecular flexibility index (Phi) is 4.75. The molecule has 0 aliphatic carbocycles. The van der Waals surface area contributed by atoms with Crippen molar-refractivity contribution in [1.82, 2.24) is 4.90 Å². The molecular formula is C14H24N4O2S. The van der Waals surface area contributed by atoms with Crippen LogP contribution in [0.1, 0.15) is 13.8 Å². The fourth-order valence-corrected chi connectivity index (χ4v) is 3.50. The van der Waals surface area contributed by atoms with E-state index in [0.717, 1.165) is 32.7 Å². The Morgan fingerprint density at radius 3 is 2.33 bits per heavy atom. The number of nitrogens with two attached hydrogens (primary N) is 2. The Balaban J connectivity index is 2.17. The molecule has 1 saturated heterocycles. The third-order valence-electron chi connectivity index (χ3n) is 3.63. The summed E-state index contributed by atoms with van der Waals surface area (Å²) < 4.78 is 23.5. The Hall–Kier alpha value is -1.31. The SMILES string of the molecule is CC(C)CN1CCN(c2ccc(N)cc2S(N)(=O)=O)CC1. The maximum Gasteiger partial charge on any atom is 0.240 e. The number of sulfonamides is 1. The van der Waals surface area contributed by atoms with Crippen LogP contribution < -0.4 is 15.8 Å². The summed E-state index contributed by atoms with van der Waals surface area (Å²) in [7, 11) is -3.77. The van der Waals surface area contributed by atoms with Crippen molar-refractivity contribution in [3.63, 3.8) is 0 Å². The highest BCUT2D eigenvalue weighted by molar-refractivity contribution is 7.89. The largest absolute Gasteiger partial charge is 0.399 e. The van der Waals surface area contributed by atoms with Gasteiger partial charge < -0.3 is 10.6 Å². The van der Waals surface area contributed by atoms with Crippen LogP contribution in [0.5, 0.6) is 0 Å². The summed E-state index contributed by atoms with van der Waals surface area (Å²) in [6.45, 7) is 8.89. The van der Waals surface area contributed by atoms with Crippen LogP contribution in [0.15, 0.2) is 23.1 Å². The number of primary sulfonamides is 1. The van der Waals surface area contributed by atoms with Gasteiger partial charge in [0.15, 0.2) is 0 Å². The molecule has 0 amide bonds. The molecule has 2 rings (SSSR count). The topological polar surface area (TPSA) is 92.7 Å². The quantitative estimate of drug-likeness (QED) is 0.798. The fourth-order valence-electron chi connectivity index (χ4n) is 2.71. The summed E-state index contributed by atoms with van der Waals surface area (Å²) >= 11 is 0. The first kappa shape index (κ1) is 16.1. The van der Waals surface area contributed by atoms with E-state index < -0.39 is 10.0 Å². The summed E-state index contributed by atoms with van der Waals surface area (Å²) in [6, 6.07) is 4.89. The zero-order valence-corrected chi connectivity index (χ0v) is 13.4. The molecule has 7 heteroatoms. The molecule has 1 aromatic carbocycles. The van der Waals surface area contributed by atoms with Gasteiger partial charge in [-0.15, -0.1) is 0 Å². The highest BCUT2D eigenvalue weighted by Gasteiger charge is 2.23. The first-order valence-electron chi connectivity index (χ1n) is 7.17. The van der Waals surface area contributed by atoms with E-state index in [-0.39, 0.29) is 4.90 Å². The van der Waals surface area contributed by atoms with Gasteiger partial charge in [0.1, 0.15) is 4.90 Å². The van der Waals surface area contributed by atoms with E-state index in [0.29, 0.717) is 17.3 Å². The van der Waals surface area contributed by atoms with Crippen LogP contribution in [0.25, 0.3) is 0 Å². The Morgan fingerprint density at radius 1 is 1.19 bits per heavy atom. The molecule has 1 fully saturated rings. The first-order valence-corrected chi connectivity index (χ1v) is 8.71. The summed E-state index contributed by atoms with van der Waals surface area (Å²) in [5.41, 5.74) is 6.74. The molecule has 1 heterocycles. The van der Waals surface area contributed by atoms with Gasteiger partial charge in [0.25, 0.3) is 0 Å². The summed E-state index contributed by atoms with van der Waals surface area (Å²) in [4.78, 5) is 4.57. The molecule has 118 valence electrons. The lowest BCUT2D eigenvalue weighted by atomic mass is 10.2. The predicted molar refractivity (Wildman–Crippen MR) is 85.7 cm³/mol. The van der Waals surface area contributed by atoms with E-state index in [4.69, 9.17) is 10.9 Å². The number of hydrogen-bond donors (Lipinski definition) is 2. The number of nitrogens with zero attached hydrogens (tertiary/aromatic N) is 2. The highest BCUT2D eigenvalue weighted by Crippen LogP contribution is 2.27. The second kappa shape index (κ2) is 6.21. The number of nitrogen functional groups attached to an aromatic ring is 1. The van der Waals surface area contributed by atoms with Crippen LogP contribution in [0, 0.1) is 5.92 Å². The van der Waals surface area contributed by atoms with Gasteiger partial charge >= 0.3 is 0 Å². The molecule has 1 aliphatic rings. The van der Waals surface area contributed by atoms with Crippen molar-refractivity contribution in [2.45, 2.75) is 18.7 Å². The van der Waals surface area contributed by atoms with Crippen LogP contribution in [-0.2, 0) is 10.0 Å². The molecule has 0 bridgehead atoms. The lowest BCUT2D eigenvalue weighted by Gasteiger charge is -2.37. The van der Waals surface area contributed by atoms with Gasteiger partial charge in [-0.2, -0.15) is 0 Å². The summed E-state index contributed by atoms with van der Waals surface area (Å²) in [6.07, 6.45) is 0. The average molecular weight is 312 g/mol. The molecule has 0 unspecified atom stereocenters. The van der Waals surface area contributed by atoms with Crippen molar-refractivity contribution in [2.24, 2.45) is 11.1 Å². The minimum Gasteiger partial charge on any atom is -0.399 e. The van der Waals surface area contributed by atoms with Gasteiger partial charge in [-0.3, -0.25) is 4.90 Å².